The molecule has 8 heteroatoms. The Morgan fingerprint density at radius 3 is 1.97 bits per heavy atom. The minimum Gasteiger partial charge on any atom is -0.496 e. The Labute approximate surface area is 179 Å². The summed E-state index contributed by atoms with van der Waals surface area (Å²) in [7, 11) is 3.04. The zero-order valence-electron chi connectivity index (χ0n) is 16.3. The van der Waals surface area contributed by atoms with Crippen LogP contribution < -0.4 is 9.47 Å². The SMILES string of the molecule is COc1cccc(OC)c1C(=O)N1CCCN(C(=O)c2ccc(Cl)c(Cl)c2)CC1. The van der Waals surface area contributed by atoms with Crippen LogP contribution in [-0.2, 0) is 0 Å². The lowest BCUT2D eigenvalue weighted by atomic mass is 10.1. The third kappa shape index (κ3) is 4.60. The number of methoxy groups -OCH3 is 2. The summed E-state index contributed by atoms with van der Waals surface area (Å²) in [5.41, 5.74) is 0.868. The van der Waals surface area contributed by atoms with E-state index in [4.69, 9.17) is 32.7 Å². The molecule has 3 rings (SSSR count). The van der Waals surface area contributed by atoms with Crippen molar-refractivity contribution in [1.29, 1.82) is 0 Å². The van der Waals surface area contributed by atoms with E-state index in [1.54, 1.807) is 46.2 Å². The van der Waals surface area contributed by atoms with Crippen LogP contribution in [0.2, 0.25) is 10.0 Å². The monoisotopic (exact) mass is 436 g/mol. The average Bonchev–Trinajstić information content (AvgIpc) is 3.00. The molecule has 154 valence electrons. The first kappa shape index (κ1) is 21.3. The second-order valence-corrected chi connectivity index (χ2v) is 7.42. The number of hydrogen-bond acceptors (Lipinski definition) is 4. The van der Waals surface area contributed by atoms with E-state index in [0.717, 1.165) is 0 Å². The van der Waals surface area contributed by atoms with Gasteiger partial charge in [0.25, 0.3) is 11.8 Å². The molecule has 0 saturated carbocycles. The van der Waals surface area contributed by atoms with Crippen molar-refractivity contribution < 1.29 is 19.1 Å². The van der Waals surface area contributed by atoms with Crippen LogP contribution in [0.5, 0.6) is 11.5 Å². The predicted molar refractivity (Wildman–Crippen MR) is 112 cm³/mol. The van der Waals surface area contributed by atoms with Crippen molar-refractivity contribution in [1.82, 2.24) is 9.80 Å². The highest BCUT2D eigenvalue weighted by molar-refractivity contribution is 6.42. The van der Waals surface area contributed by atoms with Crippen molar-refractivity contribution in [2.45, 2.75) is 6.42 Å². The fourth-order valence-corrected chi connectivity index (χ4v) is 3.65. The van der Waals surface area contributed by atoms with Gasteiger partial charge in [0, 0.05) is 31.7 Å². The van der Waals surface area contributed by atoms with Gasteiger partial charge in [-0.1, -0.05) is 29.3 Å². The highest BCUT2D eigenvalue weighted by atomic mass is 35.5. The minimum atomic E-state index is -0.178. The molecule has 1 aliphatic heterocycles. The molecule has 0 N–H and O–H groups in total. The molecule has 2 aromatic rings. The Balaban J connectivity index is 1.75. The van der Waals surface area contributed by atoms with Crippen LogP contribution >= 0.6 is 23.2 Å². The first-order chi connectivity index (χ1) is 14.0. The summed E-state index contributed by atoms with van der Waals surface area (Å²) in [5.74, 6) is 0.612. The molecule has 0 unspecified atom stereocenters. The van der Waals surface area contributed by atoms with Crippen LogP contribution in [-0.4, -0.2) is 62.0 Å². The molecule has 0 aromatic heterocycles. The number of amides is 2. The van der Waals surface area contributed by atoms with Crippen molar-refractivity contribution in [3.8, 4) is 11.5 Å². The van der Waals surface area contributed by atoms with Gasteiger partial charge in [0.05, 0.1) is 24.3 Å². The molecule has 29 heavy (non-hydrogen) atoms. The number of ether oxygens (including phenoxy) is 2. The van der Waals surface area contributed by atoms with Crippen molar-refractivity contribution in [2.75, 3.05) is 40.4 Å². The lowest BCUT2D eigenvalue weighted by molar-refractivity contribution is 0.0715. The average molecular weight is 437 g/mol. The summed E-state index contributed by atoms with van der Waals surface area (Å²) >= 11 is 12.0. The number of carbonyl (C=O) groups is 2. The summed E-state index contributed by atoms with van der Waals surface area (Å²) in [6.45, 7) is 1.91. The van der Waals surface area contributed by atoms with Gasteiger partial charge in [-0.2, -0.15) is 0 Å². The van der Waals surface area contributed by atoms with Crippen molar-refractivity contribution in [2.24, 2.45) is 0 Å². The van der Waals surface area contributed by atoms with Crippen LogP contribution in [0.25, 0.3) is 0 Å². The van der Waals surface area contributed by atoms with E-state index in [-0.39, 0.29) is 11.8 Å². The fourth-order valence-electron chi connectivity index (χ4n) is 3.36. The van der Waals surface area contributed by atoms with Gasteiger partial charge in [0.1, 0.15) is 17.1 Å². The standard InChI is InChI=1S/C21H22Cl2N2O4/c1-28-17-5-3-6-18(29-2)19(17)21(27)25-10-4-9-24(11-12-25)20(26)14-7-8-15(22)16(23)13-14/h3,5-8,13H,4,9-12H2,1-2H3. The van der Waals surface area contributed by atoms with Crippen LogP contribution in [0.15, 0.2) is 36.4 Å². The Morgan fingerprint density at radius 2 is 1.41 bits per heavy atom. The third-order valence-corrected chi connectivity index (χ3v) is 5.62. The van der Waals surface area contributed by atoms with Gasteiger partial charge in [-0.15, -0.1) is 0 Å². The Bertz CT molecular complexity index is 897. The van der Waals surface area contributed by atoms with E-state index in [1.165, 1.54) is 14.2 Å². The van der Waals surface area contributed by atoms with E-state index < -0.39 is 0 Å². The van der Waals surface area contributed by atoms with Gasteiger partial charge in [0.15, 0.2) is 0 Å². The molecule has 1 aliphatic rings. The van der Waals surface area contributed by atoms with Gasteiger partial charge in [-0.3, -0.25) is 9.59 Å². The first-order valence-corrected chi connectivity index (χ1v) is 9.96. The number of halogens is 2. The summed E-state index contributed by atoms with van der Waals surface area (Å²) in [4.78, 5) is 29.5. The van der Waals surface area contributed by atoms with E-state index in [1.807, 2.05) is 0 Å². The highest BCUT2D eigenvalue weighted by Crippen LogP contribution is 2.30. The summed E-state index contributed by atoms with van der Waals surface area (Å²) in [6, 6.07) is 10.1. The van der Waals surface area contributed by atoms with Gasteiger partial charge in [-0.05, 0) is 36.8 Å². The molecular weight excluding hydrogens is 415 g/mol. The lowest BCUT2D eigenvalue weighted by Crippen LogP contribution is -2.37. The topological polar surface area (TPSA) is 59.1 Å². The van der Waals surface area contributed by atoms with Crippen molar-refractivity contribution in [3.05, 3.63) is 57.6 Å². The van der Waals surface area contributed by atoms with Crippen LogP contribution in [0.3, 0.4) is 0 Å². The lowest BCUT2D eigenvalue weighted by Gasteiger charge is -2.23. The van der Waals surface area contributed by atoms with Crippen molar-refractivity contribution >= 4 is 35.0 Å². The maximum atomic E-state index is 13.2. The number of rotatable bonds is 4. The second-order valence-electron chi connectivity index (χ2n) is 6.60. The predicted octanol–water partition coefficient (Wildman–Crippen LogP) is 4.00. The van der Waals surface area contributed by atoms with Gasteiger partial charge in [-0.25, -0.2) is 0 Å². The Hall–Kier alpha value is -2.44. The minimum absolute atomic E-state index is 0.132. The quantitative estimate of drug-likeness (QED) is 0.726. The molecule has 6 nitrogen and oxygen atoms in total. The van der Waals surface area contributed by atoms with Gasteiger partial charge >= 0.3 is 0 Å². The molecule has 0 atom stereocenters. The number of nitrogens with zero attached hydrogens (tertiary/aromatic N) is 2. The number of benzene rings is 2. The highest BCUT2D eigenvalue weighted by Gasteiger charge is 2.27. The third-order valence-electron chi connectivity index (χ3n) is 4.88. The maximum absolute atomic E-state index is 13.2. The molecule has 2 amide bonds. The maximum Gasteiger partial charge on any atom is 0.261 e. The first-order valence-electron chi connectivity index (χ1n) is 9.21. The zero-order valence-corrected chi connectivity index (χ0v) is 17.8. The molecule has 0 spiro atoms. The molecule has 2 aromatic carbocycles. The molecule has 0 bridgehead atoms. The van der Waals surface area contributed by atoms with Crippen LogP contribution in [0, 0.1) is 0 Å². The van der Waals surface area contributed by atoms with E-state index in [2.05, 4.69) is 0 Å². The fraction of sp³-hybridized carbons (Fsp3) is 0.333. The van der Waals surface area contributed by atoms with Crippen LogP contribution in [0.4, 0.5) is 0 Å². The molecule has 1 fully saturated rings. The molecule has 1 saturated heterocycles. The Morgan fingerprint density at radius 1 is 0.828 bits per heavy atom. The number of carbonyl (C=O) groups excluding carboxylic acids is 2. The normalized spacial score (nSPS) is 14.3. The zero-order chi connectivity index (χ0) is 21.0. The largest absolute Gasteiger partial charge is 0.496 e. The van der Waals surface area contributed by atoms with E-state index in [0.29, 0.717) is 65.3 Å². The van der Waals surface area contributed by atoms with E-state index >= 15 is 0 Å². The Kier molecular flexibility index (Phi) is 6.87. The van der Waals surface area contributed by atoms with Gasteiger partial charge < -0.3 is 19.3 Å². The summed E-state index contributed by atoms with van der Waals surface area (Å²) < 4.78 is 10.7. The van der Waals surface area contributed by atoms with Gasteiger partial charge in [0.2, 0.25) is 0 Å². The smallest absolute Gasteiger partial charge is 0.261 e. The van der Waals surface area contributed by atoms with Crippen LogP contribution in [0.1, 0.15) is 27.1 Å². The second kappa shape index (κ2) is 9.37. The number of hydrogen-bond donors (Lipinski definition) is 0. The van der Waals surface area contributed by atoms with Crippen molar-refractivity contribution in [3.63, 3.8) is 0 Å². The molecular formula is C21H22Cl2N2O4. The molecule has 0 radical (unpaired) electrons. The molecule has 1 heterocycles. The summed E-state index contributed by atoms with van der Waals surface area (Å²) in [5, 5.41) is 0.744. The molecule has 0 aliphatic carbocycles. The van der Waals surface area contributed by atoms with E-state index in [9.17, 15) is 9.59 Å². The summed E-state index contributed by atoms with van der Waals surface area (Å²) in [6.07, 6.45) is 0.663.